The zero-order chi connectivity index (χ0) is 13.8. The Bertz CT molecular complexity index is 542. The minimum atomic E-state index is -1.23. The minimum Gasteiger partial charge on any atom is -0.325 e. The minimum absolute atomic E-state index is 0.0119. The molecule has 1 aromatic carbocycles. The first-order valence-electron chi connectivity index (χ1n) is 6.17. The summed E-state index contributed by atoms with van der Waals surface area (Å²) in [5.41, 5.74) is 0.549. The standard InChI is InChI=1S/C14H16ClNO2S/c1-19(18)13-11(15)8-5-9-12(13)16-14(17)10-6-3-2-4-7-10/h2-3,5,8-10H,4,6-7H2,1H3,(H,16,17)/t10-,19+/m1/s1. The number of hydrogen-bond donors (Lipinski definition) is 1. The monoisotopic (exact) mass is 297 g/mol. The van der Waals surface area contributed by atoms with Gasteiger partial charge in [0.05, 0.1) is 26.4 Å². The molecule has 2 atom stereocenters. The first kappa shape index (κ1) is 14.3. The highest BCUT2D eigenvalue weighted by molar-refractivity contribution is 7.84. The number of nitrogens with one attached hydrogen (secondary N) is 1. The van der Waals surface area contributed by atoms with Gasteiger partial charge < -0.3 is 5.32 Å². The highest BCUT2D eigenvalue weighted by atomic mass is 35.5. The maximum atomic E-state index is 12.2. The number of anilines is 1. The summed E-state index contributed by atoms with van der Waals surface area (Å²) in [4.78, 5) is 12.7. The van der Waals surface area contributed by atoms with Crippen molar-refractivity contribution in [2.45, 2.75) is 24.2 Å². The fraction of sp³-hybridized carbons (Fsp3) is 0.357. The molecule has 5 heteroatoms. The molecule has 19 heavy (non-hydrogen) atoms. The molecule has 0 saturated carbocycles. The summed E-state index contributed by atoms with van der Waals surface area (Å²) in [5.74, 6) is -0.0413. The van der Waals surface area contributed by atoms with Crippen LogP contribution < -0.4 is 5.32 Å². The third kappa shape index (κ3) is 3.45. The molecule has 0 unspecified atom stereocenters. The Kier molecular flexibility index (Phi) is 4.77. The van der Waals surface area contributed by atoms with E-state index in [-0.39, 0.29) is 11.8 Å². The average molecular weight is 298 g/mol. The van der Waals surface area contributed by atoms with Crippen molar-refractivity contribution in [3.63, 3.8) is 0 Å². The molecule has 0 radical (unpaired) electrons. The second kappa shape index (κ2) is 6.35. The van der Waals surface area contributed by atoms with E-state index in [2.05, 4.69) is 11.4 Å². The van der Waals surface area contributed by atoms with Crippen molar-refractivity contribution < 1.29 is 9.00 Å². The van der Waals surface area contributed by atoms with E-state index < -0.39 is 10.8 Å². The lowest BCUT2D eigenvalue weighted by atomic mass is 9.93. The van der Waals surface area contributed by atoms with Crippen molar-refractivity contribution in [1.82, 2.24) is 0 Å². The fourth-order valence-electron chi connectivity index (χ4n) is 2.17. The third-order valence-corrected chi connectivity index (χ3v) is 4.59. The van der Waals surface area contributed by atoms with Gasteiger partial charge in [-0.25, -0.2) is 0 Å². The smallest absolute Gasteiger partial charge is 0.227 e. The molecule has 0 aliphatic heterocycles. The van der Waals surface area contributed by atoms with Crippen LogP contribution in [-0.4, -0.2) is 16.4 Å². The van der Waals surface area contributed by atoms with Gasteiger partial charge in [-0.15, -0.1) is 0 Å². The zero-order valence-electron chi connectivity index (χ0n) is 10.7. The second-order valence-corrected chi connectivity index (χ2v) is 6.26. The van der Waals surface area contributed by atoms with Gasteiger partial charge in [-0.2, -0.15) is 0 Å². The van der Waals surface area contributed by atoms with E-state index >= 15 is 0 Å². The molecular formula is C14H16ClNO2S. The molecule has 1 aromatic rings. The summed E-state index contributed by atoms with van der Waals surface area (Å²) in [6, 6.07) is 5.16. The number of hydrogen-bond acceptors (Lipinski definition) is 2. The zero-order valence-corrected chi connectivity index (χ0v) is 12.3. The normalized spacial score (nSPS) is 20.0. The Morgan fingerprint density at radius 2 is 2.21 bits per heavy atom. The molecular weight excluding hydrogens is 282 g/mol. The van der Waals surface area contributed by atoms with Gasteiger partial charge >= 0.3 is 0 Å². The molecule has 0 heterocycles. The third-order valence-electron chi connectivity index (χ3n) is 3.15. The van der Waals surface area contributed by atoms with E-state index in [4.69, 9.17) is 11.6 Å². The molecule has 3 nitrogen and oxygen atoms in total. The van der Waals surface area contributed by atoms with Crippen LogP contribution in [0.1, 0.15) is 19.3 Å². The Labute approximate surface area is 120 Å². The quantitative estimate of drug-likeness (QED) is 0.870. The van der Waals surface area contributed by atoms with Crippen molar-refractivity contribution in [3.8, 4) is 0 Å². The summed E-state index contributed by atoms with van der Waals surface area (Å²) in [7, 11) is -1.23. The van der Waals surface area contributed by atoms with E-state index in [0.29, 0.717) is 15.6 Å². The lowest BCUT2D eigenvalue weighted by Crippen LogP contribution is -2.24. The molecule has 1 aliphatic carbocycles. The van der Waals surface area contributed by atoms with E-state index in [9.17, 15) is 9.00 Å². The first-order valence-corrected chi connectivity index (χ1v) is 8.11. The number of halogens is 1. The summed E-state index contributed by atoms with van der Waals surface area (Å²) >= 11 is 6.04. The van der Waals surface area contributed by atoms with Gasteiger partial charge in [0.25, 0.3) is 0 Å². The van der Waals surface area contributed by atoms with E-state index in [1.54, 1.807) is 24.5 Å². The predicted molar refractivity (Wildman–Crippen MR) is 78.9 cm³/mol. The van der Waals surface area contributed by atoms with Crippen LogP contribution in [0.5, 0.6) is 0 Å². The summed E-state index contributed by atoms with van der Waals surface area (Å²) in [6.07, 6.45) is 8.23. The summed E-state index contributed by atoms with van der Waals surface area (Å²) in [5, 5.41) is 3.27. The number of carbonyl (C=O) groups is 1. The van der Waals surface area contributed by atoms with Crippen LogP contribution in [0.25, 0.3) is 0 Å². The molecule has 0 spiro atoms. The highest BCUT2D eigenvalue weighted by Crippen LogP contribution is 2.28. The fourth-order valence-corrected chi connectivity index (χ4v) is 3.44. The second-order valence-electron chi connectivity index (χ2n) is 4.54. The first-order chi connectivity index (χ1) is 9.09. The van der Waals surface area contributed by atoms with Gasteiger partial charge in [0.1, 0.15) is 0 Å². The van der Waals surface area contributed by atoms with Gasteiger partial charge in [-0.1, -0.05) is 29.8 Å². The van der Waals surface area contributed by atoms with Crippen LogP contribution in [0, 0.1) is 5.92 Å². The van der Waals surface area contributed by atoms with E-state index in [1.165, 1.54) is 0 Å². The topological polar surface area (TPSA) is 46.2 Å². The molecule has 1 aliphatic rings. The predicted octanol–water partition coefficient (Wildman–Crippen LogP) is 3.37. The van der Waals surface area contributed by atoms with Gasteiger partial charge in [0.15, 0.2) is 0 Å². The lowest BCUT2D eigenvalue weighted by molar-refractivity contribution is -0.120. The van der Waals surface area contributed by atoms with E-state index in [1.807, 2.05) is 6.08 Å². The van der Waals surface area contributed by atoms with Gasteiger partial charge in [-0.05, 0) is 31.4 Å². The number of carbonyl (C=O) groups excluding carboxylic acids is 1. The molecule has 0 saturated heterocycles. The van der Waals surface area contributed by atoms with Gasteiger partial charge in [-0.3, -0.25) is 9.00 Å². The largest absolute Gasteiger partial charge is 0.325 e. The molecule has 0 aromatic heterocycles. The van der Waals surface area contributed by atoms with Crippen LogP contribution in [0.2, 0.25) is 5.02 Å². The van der Waals surface area contributed by atoms with Crippen LogP contribution in [0.4, 0.5) is 5.69 Å². The summed E-state index contributed by atoms with van der Waals surface area (Å²) < 4.78 is 11.7. The number of rotatable bonds is 3. The Balaban J connectivity index is 2.19. The molecule has 102 valence electrons. The maximum Gasteiger partial charge on any atom is 0.227 e. The maximum absolute atomic E-state index is 12.2. The molecule has 1 N–H and O–H groups in total. The number of benzene rings is 1. The van der Waals surface area contributed by atoms with Gasteiger partial charge in [0.2, 0.25) is 5.91 Å². The Morgan fingerprint density at radius 1 is 1.42 bits per heavy atom. The van der Waals surface area contributed by atoms with Crippen molar-refractivity contribution in [1.29, 1.82) is 0 Å². The number of amides is 1. The Morgan fingerprint density at radius 3 is 2.84 bits per heavy atom. The van der Waals surface area contributed by atoms with Crippen molar-refractivity contribution in [2.75, 3.05) is 11.6 Å². The van der Waals surface area contributed by atoms with Crippen molar-refractivity contribution >= 4 is 34.0 Å². The number of allylic oxidation sites excluding steroid dienone is 2. The van der Waals surface area contributed by atoms with Crippen LogP contribution in [0.15, 0.2) is 35.2 Å². The Hall–Kier alpha value is -1.13. The van der Waals surface area contributed by atoms with Gasteiger partial charge in [0, 0.05) is 12.2 Å². The van der Waals surface area contributed by atoms with Crippen LogP contribution >= 0.6 is 11.6 Å². The SMILES string of the molecule is C[S@](=O)c1c(Cl)cccc1NC(=O)[C@@H]1CC=CCC1. The average Bonchev–Trinajstić information content (AvgIpc) is 2.39. The lowest BCUT2D eigenvalue weighted by Gasteiger charge is -2.18. The molecule has 0 fully saturated rings. The molecule has 0 bridgehead atoms. The van der Waals surface area contributed by atoms with Crippen molar-refractivity contribution in [2.24, 2.45) is 5.92 Å². The van der Waals surface area contributed by atoms with E-state index in [0.717, 1.165) is 19.3 Å². The highest BCUT2D eigenvalue weighted by Gasteiger charge is 2.20. The summed E-state index contributed by atoms with van der Waals surface area (Å²) in [6.45, 7) is 0. The van der Waals surface area contributed by atoms with Crippen molar-refractivity contribution in [3.05, 3.63) is 35.4 Å². The molecule has 2 rings (SSSR count). The van der Waals surface area contributed by atoms with Crippen LogP contribution in [0.3, 0.4) is 0 Å². The molecule has 1 amide bonds. The van der Waals surface area contributed by atoms with Crippen LogP contribution in [-0.2, 0) is 15.6 Å².